The van der Waals surface area contributed by atoms with Crippen molar-refractivity contribution in [3.05, 3.63) is 93.3 Å². The average Bonchev–Trinajstić information content (AvgIpc) is 2.75. The zero-order valence-electron chi connectivity index (χ0n) is 18.2. The molecule has 4 aromatic rings. The molecule has 0 bridgehead atoms. The van der Waals surface area contributed by atoms with E-state index in [1.165, 1.54) is 4.68 Å². The summed E-state index contributed by atoms with van der Waals surface area (Å²) in [5, 5.41) is 8.89. The Balaban J connectivity index is 1.79. The van der Waals surface area contributed by atoms with Crippen molar-refractivity contribution in [1.82, 2.24) is 9.78 Å². The van der Waals surface area contributed by atoms with Crippen molar-refractivity contribution in [2.45, 2.75) is 34.2 Å². The third-order valence-electron chi connectivity index (χ3n) is 5.69. The maximum absolute atomic E-state index is 13.1. The largest absolute Gasteiger partial charge is 0.324 e. The number of carbonyl (C=O) groups is 1. The van der Waals surface area contributed by atoms with E-state index in [0.29, 0.717) is 11.1 Å². The number of nitrogens with zero attached hydrogens (tertiary/aromatic N) is 2. The van der Waals surface area contributed by atoms with E-state index in [4.69, 9.17) is 0 Å². The molecule has 0 aliphatic heterocycles. The van der Waals surface area contributed by atoms with Crippen LogP contribution in [0, 0.1) is 27.7 Å². The molecule has 5 nitrogen and oxygen atoms in total. The molecule has 0 spiro atoms. The van der Waals surface area contributed by atoms with Gasteiger partial charge in [-0.2, -0.15) is 5.10 Å². The van der Waals surface area contributed by atoms with E-state index in [-0.39, 0.29) is 18.0 Å². The molecule has 0 saturated heterocycles. The Morgan fingerprint density at radius 3 is 2.42 bits per heavy atom. The standard InChI is InChI=1S/C26H25N3O2/c1-16-12-13-18(3)22(14-16)25-20-9-5-6-10-21(20)26(31)29(28-25)15-24(30)27-23-11-7-8-17(2)19(23)4/h5-14H,15H2,1-4H3,(H,27,30). The van der Waals surface area contributed by atoms with Crippen molar-refractivity contribution in [1.29, 1.82) is 0 Å². The highest BCUT2D eigenvalue weighted by atomic mass is 16.2. The number of amides is 1. The number of rotatable bonds is 4. The second-order valence-electron chi connectivity index (χ2n) is 7.97. The second kappa shape index (κ2) is 8.19. The fraction of sp³-hybridized carbons (Fsp3) is 0.192. The van der Waals surface area contributed by atoms with Crippen molar-refractivity contribution >= 4 is 22.4 Å². The van der Waals surface area contributed by atoms with Crippen LogP contribution in [0.1, 0.15) is 22.3 Å². The Hall–Kier alpha value is -3.73. The number of nitrogens with one attached hydrogen (secondary N) is 1. The Kier molecular flexibility index (Phi) is 5.42. The van der Waals surface area contributed by atoms with Crippen molar-refractivity contribution < 1.29 is 4.79 Å². The third-order valence-corrected chi connectivity index (χ3v) is 5.69. The van der Waals surface area contributed by atoms with Gasteiger partial charge in [-0.3, -0.25) is 9.59 Å². The monoisotopic (exact) mass is 411 g/mol. The van der Waals surface area contributed by atoms with Gasteiger partial charge in [0.05, 0.1) is 11.1 Å². The van der Waals surface area contributed by atoms with Gasteiger partial charge < -0.3 is 5.32 Å². The first-order chi connectivity index (χ1) is 14.8. The number of fused-ring (bicyclic) bond motifs is 1. The number of anilines is 1. The fourth-order valence-electron chi connectivity index (χ4n) is 3.74. The van der Waals surface area contributed by atoms with Crippen molar-refractivity contribution in [2.24, 2.45) is 0 Å². The van der Waals surface area contributed by atoms with Crippen LogP contribution in [0.5, 0.6) is 0 Å². The highest BCUT2D eigenvalue weighted by Gasteiger charge is 2.16. The number of aryl methyl sites for hydroxylation is 3. The molecule has 156 valence electrons. The average molecular weight is 412 g/mol. The summed E-state index contributed by atoms with van der Waals surface area (Å²) in [5.41, 5.74) is 6.40. The van der Waals surface area contributed by atoms with Crippen LogP contribution in [-0.4, -0.2) is 15.7 Å². The Morgan fingerprint density at radius 1 is 0.903 bits per heavy atom. The highest BCUT2D eigenvalue weighted by molar-refractivity contribution is 5.95. The smallest absolute Gasteiger partial charge is 0.275 e. The molecule has 0 aliphatic rings. The molecule has 1 amide bonds. The molecule has 0 unspecified atom stereocenters. The molecule has 1 N–H and O–H groups in total. The molecule has 1 aromatic heterocycles. The summed E-state index contributed by atoms with van der Waals surface area (Å²) in [4.78, 5) is 25.9. The Labute approximate surface area is 181 Å². The quantitative estimate of drug-likeness (QED) is 0.518. The molecule has 1 heterocycles. The number of benzene rings is 3. The summed E-state index contributed by atoms with van der Waals surface area (Å²) < 4.78 is 1.26. The summed E-state index contributed by atoms with van der Waals surface area (Å²) in [5.74, 6) is -0.287. The summed E-state index contributed by atoms with van der Waals surface area (Å²) in [6, 6.07) is 19.3. The lowest BCUT2D eigenvalue weighted by Crippen LogP contribution is -2.30. The summed E-state index contributed by atoms with van der Waals surface area (Å²) in [6.45, 7) is 7.85. The summed E-state index contributed by atoms with van der Waals surface area (Å²) in [6.07, 6.45) is 0. The van der Waals surface area contributed by atoms with Gasteiger partial charge in [-0.05, 0) is 62.6 Å². The lowest BCUT2D eigenvalue weighted by molar-refractivity contribution is -0.117. The summed E-state index contributed by atoms with van der Waals surface area (Å²) in [7, 11) is 0. The Morgan fingerprint density at radius 2 is 1.65 bits per heavy atom. The minimum absolute atomic E-state index is 0.158. The predicted molar refractivity (Wildman–Crippen MR) is 125 cm³/mol. The zero-order valence-corrected chi connectivity index (χ0v) is 18.2. The molecule has 0 saturated carbocycles. The molecule has 4 rings (SSSR count). The first kappa shape index (κ1) is 20.5. The van der Waals surface area contributed by atoms with Crippen molar-refractivity contribution in [2.75, 3.05) is 5.32 Å². The molecule has 31 heavy (non-hydrogen) atoms. The van der Waals surface area contributed by atoms with E-state index >= 15 is 0 Å². The van der Waals surface area contributed by atoms with E-state index in [0.717, 1.165) is 38.9 Å². The van der Waals surface area contributed by atoms with Crippen molar-refractivity contribution in [3.8, 4) is 11.3 Å². The molecule has 3 aromatic carbocycles. The minimum atomic E-state index is -0.287. The normalized spacial score (nSPS) is 11.0. The van der Waals surface area contributed by atoms with E-state index < -0.39 is 0 Å². The van der Waals surface area contributed by atoms with Gasteiger partial charge in [0, 0.05) is 16.6 Å². The van der Waals surface area contributed by atoms with Crippen LogP contribution in [0.4, 0.5) is 5.69 Å². The number of aromatic nitrogens is 2. The SMILES string of the molecule is Cc1ccc(C)c(-c2nn(CC(=O)Nc3cccc(C)c3C)c(=O)c3ccccc23)c1. The first-order valence-electron chi connectivity index (χ1n) is 10.3. The lowest BCUT2D eigenvalue weighted by Gasteiger charge is -2.14. The van der Waals surface area contributed by atoms with Crippen LogP contribution in [0.3, 0.4) is 0 Å². The zero-order chi connectivity index (χ0) is 22.1. The molecule has 5 heteroatoms. The van der Waals surface area contributed by atoms with Crippen LogP contribution in [0.25, 0.3) is 22.0 Å². The van der Waals surface area contributed by atoms with Crippen molar-refractivity contribution in [3.63, 3.8) is 0 Å². The molecular weight excluding hydrogens is 386 g/mol. The van der Waals surface area contributed by atoms with Gasteiger partial charge in [-0.25, -0.2) is 4.68 Å². The predicted octanol–water partition coefficient (Wildman–Crippen LogP) is 4.94. The van der Waals surface area contributed by atoms with Crippen LogP contribution in [0.2, 0.25) is 0 Å². The minimum Gasteiger partial charge on any atom is -0.324 e. The van der Waals surface area contributed by atoms with E-state index in [1.807, 2.05) is 70.2 Å². The molecule has 0 fully saturated rings. The first-order valence-corrected chi connectivity index (χ1v) is 10.3. The Bertz CT molecular complexity index is 1370. The van der Waals surface area contributed by atoms with Gasteiger partial charge in [0.1, 0.15) is 6.54 Å². The van der Waals surface area contributed by atoms with Gasteiger partial charge in [0.25, 0.3) is 5.56 Å². The third kappa shape index (κ3) is 3.99. The van der Waals surface area contributed by atoms with E-state index in [1.54, 1.807) is 6.07 Å². The summed E-state index contributed by atoms with van der Waals surface area (Å²) >= 11 is 0. The van der Waals surface area contributed by atoms with Crippen LogP contribution < -0.4 is 10.9 Å². The fourth-order valence-corrected chi connectivity index (χ4v) is 3.74. The highest BCUT2D eigenvalue weighted by Crippen LogP contribution is 2.28. The van der Waals surface area contributed by atoms with Gasteiger partial charge in [0.15, 0.2) is 0 Å². The van der Waals surface area contributed by atoms with Crippen LogP contribution >= 0.6 is 0 Å². The van der Waals surface area contributed by atoms with Gasteiger partial charge >= 0.3 is 0 Å². The van der Waals surface area contributed by atoms with Gasteiger partial charge in [0.2, 0.25) is 5.91 Å². The van der Waals surface area contributed by atoms with E-state index in [9.17, 15) is 9.59 Å². The number of hydrogen-bond acceptors (Lipinski definition) is 3. The maximum Gasteiger partial charge on any atom is 0.275 e. The van der Waals surface area contributed by atoms with Crippen LogP contribution in [0.15, 0.2) is 65.5 Å². The number of hydrogen-bond donors (Lipinski definition) is 1. The van der Waals surface area contributed by atoms with E-state index in [2.05, 4.69) is 22.5 Å². The van der Waals surface area contributed by atoms with Crippen LogP contribution in [-0.2, 0) is 11.3 Å². The molecule has 0 radical (unpaired) electrons. The topological polar surface area (TPSA) is 64.0 Å². The molecule has 0 aliphatic carbocycles. The van der Waals surface area contributed by atoms with Gasteiger partial charge in [-0.15, -0.1) is 0 Å². The molecular formula is C26H25N3O2. The second-order valence-corrected chi connectivity index (χ2v) is 7.97. The molecule has 0 atom stereocenters. The number of carbonyl (C=O) groups excluding carboxylic acids is 1. The lowest BCUT2D eigenvalue weighted by atomic mass is 9.99. The van der Waals surface area contributed by atoms with Gasteiger partial charge in [-0.1, -0.05) is 48.0 Å². The maximum atomic E-state index is 13.1.